The van der Waals surface area contributed by atoms with Gasteiger partial charge in [-0.2, -0.15) is 0 Å². The molecule has 1 aliphatic rings. The highest BCUT2D eigenvalue weighted by atomic mass is 15.1. The summed E-state index contributed by atoms with van der Waals surface area (Å²) in [6, 6.07) is 41.4. The standard InChI is InChI=1S/C29H21N/c1-3-10-24(11-4-1)30(25-12-5-2-6-13-25)26-17-18-28-23(20-26)19-22-16-15-21-9-7-8-14-27(21)29(22)28/h1-18,20H,19H2. The Morgan fingerprint density at radius 3 is 1.90 bits per heavy atom. The minimum absolute atomic E-state index is 0.987. The van der Waals surface area contributed by atoms with Gasteiger partial charge in [0.25, 0.3) is 0 Å². The second-order valence-corrected chi connectivity index (χ2v) is 7.85. The van der Waals surface area contributed by atoms with Gasteiger partial charge in [0.2, 0.25) is 0 Å². The van der Waals surface area contributed by atoms with Crippen LogP contribution in [0.4, 0.5) is 17.1 Å². The van der Waals surface area contributed by atoms with E-state index in [0.717, 1.165) is 6.42 Å². The van der Waals surface area contributed by atoms with Crippen LogP contribution in [-0.2, 0) is 6.42 Å². The Bertz CT molecular complexity index is 1310. The van der Waals surface area contributed by atoms with E-state index in [1.165, 1.54) is 50.1 Å². The van der Waals surface area contributed by atoms with Crippen molar-refractivity contribution in [1.82, 2.24) is 0 Å². The highest BCUT2D eigenvalue weighted by molar-refractivity contribution is 6.01. The first-order valence-corrected chi connectivity index (χ1v) is 10.4. The molecule has 1 aliphatic carbocycles. The Labute approximate surface area is 176 Å². The lowest BCUT2D eigenvalue weighted by molar-refractivity contribution is 1.23. The molecule has 0 aliphatic heterocycles. The topological polar surface area (TPSA) is 3.24 Å². The summed E-state index contributed by atoms with van der Waals surface area (Å²) < 4.78 is 0. The Kier molecular flexibility index (Phi) is 3.92. The van der Waals surface area contributed by atoms with Crippen LogP contribution in [0.5, 0.6) is 0 Å². The molecule has 0 N–H and O–H groups in total. The van der Waals surface area contributed by atoms with Gasteiger partial charge in [-0.15, -0.1) is 0 Å². The molecule has 6 rings (SSSR count). The van der Waals surface area contributed by atoms with Crippen LogP contribution in [0.2, 0.25) is 0 Å². The normalized spacial score (nSPS) is 11.9. The van der Waals surface area contributed by atoms with E-state index in [1.54, 1.807) is 0 Å². The molecule has 0 saturated carbocycles. The molecule has 0 spiro atoms. The molecule has 5 aromatic carbocycles. The van der Waals surface area contributed by atoms with Crippen LogP contribution in [0.3, 0.4) is 0 Å². The second kappa shape index (κ2) is 6.89. The maximum atomic E-state index is 2.37. The Morgan fingerprint density at radius 2 is 1.17 bits per heavy atom. The molecule has 0 radical (unpaired) electrons. The maximum absolute atomic E-state index is 2.37. The van der Waals surface area contributed by atoms with Gasteiger partial charge >= 0.3 is 0 Å². The van der Waals surface area contributed by atoms with Gasteiger partial charge in [0.15, 0.2) is 0 Å². The molecular formula is C29H21N. The monoisotopic (exact) mass is 383 g/mol. The summed E-state index contributed by atoms with van der Waals surface area (Å²) in [6.07, 6.45) is 0.987. The van der Waals surface area contributed by atoms with E-state index in [2.05, 4.69) is 120 Å². The van der Waals surface area contributed by atoms with Crippen molar-refractivity contribution in [2.45, 2.75) is 6.42 Å². The molecular weight excluding hydrogens is 362 g/mol. The third-order valence-corrected chi connectivity index (χ3v) is 6.04. The SMILES string of the molecule is c1ccc(N(c2ccccc2)c2ccc3c(c2)Cc2ccc4ccccc4c2-3)cc1. The minimum atomic E-state index is 0.987. The third kappa shape index (κ3) is 2.71. The molecule has 0 unspecified atom stereocenters. The maximum Gasteiger partial charge on any atom is 0.0464 e. The lowest BCUT2D eigenvalue weighted by atomic mass is 9.98. The highest BCUT2D eigenvalue weighted by Crippen LogP contribution is 2.44. The van der Waals surface area contributed by atoms with Crippen LogP contribution in [0.25, 0.3) is 21.9 Å². The Morgan fingerprint density at radius 1 is 0.500 bits per heavy atom. The molecule has 0 atom stereocenters. The number of hydrogen-bond donors (Lipinski definition) is 0. The van der Waals surface area contributed by atoms with E-state index in [9.17, 15) is 0 Å². The fraction of sp³-hybridized carbons (Fsp3) is 0.0345. The molecule has 1 heteroatoms. The summed E-state index contributed by atoms with van der Waals surface area (Å²) in [5.41, 5.74) is 9.13. The van der Waals surface area contributed by atoms with Crippen molar-refractivity contribution in [3.63, 3.8) is 0 Å². The lowest BCUT2D eigenvalue weighted by Crippen LogP contribution is -2.09. The molecule has 5 aromatic rings. The van der Waals surface area contributed by atoms with E-state index >= 15 is 0 Å². The average molecular weight is 383 g/mol. The van der Waals surface area contributed by atoms with Gasteiger partial charge in [0.05, 0.1) is 0 Å². The molecule has 0 aromatic heterocycles. The zero-order chi connectivity index (χ0) is 19.9. The summed E-state index contributed by atoms with van der Waals surface area (Å²) in [7, 11) is 0. The predicted octanol–water partition coefficient (Wildman–Crippen LogP) is 7.88. The van der Waals surface area contributed by atoms with Crippen molar-refractivity contribution >= 4 is 27.8 Å². The van der Waals surface area contributed by atoms with Gasteiger partial charge in [-0.3, -0.25) is 0 Å². The van der Waals surface area contributed by atoms with Gasteiger partial charge < -0.3 is 4.90 Å². The number of hydrogen-bond acceptors (Lipinski definition) is 1. The molecule has 0 fully saturated rings. The van der Waals surface area contributed by atoms with Gasteiger partial charge in [0, 0.05) is 17.1 Å². The van der Waals surface area contributed by atoms with Gasteiger partial charge in [-0.05, 0) is 75.8 Å². The summed E-state index contributed by atoms with van der Waals surface area (Å²) >= 11 is 0. The van der Waals surface area contributed by atoms with Crippen LogP contribution < -0.4 is 4.90 Å². The average Bonchev–Trinajstić information content (AvgIpc) is 3.19. The quantitative estimate of drug-likeness (QED) is 0.300. The summed E-state index contributed by atoms with van der Waals surface area (Å²) in [5, 5.41) is 2.66. The first-order valence-electron chi connectivity index (χ1n) is 10.4. The van der Waals surface area contributed by atoms with Crippen molar-refractivity contribution < 1.29 is 0 Å². The van der Waals surface area contributed by atoms with Gasteiger partial charge in [0.1, 0.15) is 0 Å². The number of fused-ring (bicyclic) bond motifs is 5. The summed E-state index contributed by atoms with van der Waals surface area (Å²) in [4.78, 5) is 2.33. The van der Waals surface area contributed by atoms with Crippen molar-refractivity contribution in [1.29, 1.82) is 0 Å². The number of rotatable bonds is 3. The fourth-order valence-electron chi connectivity index (χ4n) is 4.70. The zero-order valence-electron chi connectivity index (χ0n) is 16.6. The Hall–Kier alpha value is -3.84. The molecule has 0 bridgehead atoms. The second-order valence-electron chi connectivity index (χ2n) is 7.85. The number of para-hydroxylation sites is 2. The number of anilines is 3. The lowest BCUT2D eigenvalue weighted by Gasteiger charge is -2.26. The van der Waals surface area contributed by atoms with Crippen molar-refractivity contribution in [3.05, 3.63) is 126 Å². The molecule has 1 nitrogen and oxygen atoms in total. The number of benzene rings is 5. The molecule has 0 saturated heterocycles. The van der Waals surface area contributed by atoms with E-state index in [-0.39, 0.29) is 0 Å². The predicted molar refractivity (Wildman–Crippen MR) is 127 cm³/mol. The molecule has 142 valence electrons. The Balaban J connectivity index is 1.51. The smallest absolute Gasteiger partial charge is 0.0464 e. The summed E-state index contributed by atoms with van der Waals surface area (Å²) in [6.45, 7) is 0. The van der Waals surface area contributed by atoms with Crippen LogP contribution in [0, 0.1) is 0 Å². The number of nitrogens with zero attached hydrogens (tertiary/aromatic N) is 1. The van der Waals surface area contributed by atoms with Crippen molar-refractivity contribution in [2.75, 3.05) is 4.90 Å². The van der Waals surface area contributed by atoms with Crippen LogP contribution in [0.1, 0.15) is 11.1 Å². The first kappa shape index (κ1) is 17.1. The van der Waals surface area contributed by atoms with E-state index in [4.69, 9.17) is 0 Å². The van der Waals surface area contributed by atoms with Crippen LogP contribution >= 0.6 is 0 Å². The van der Waals surface area contributed by atoms with Crippen molar-refractivity contribution in [2.24, 2.45) is 0 Å². The molecule has 30 heavy (non-hydrogen) atoms. The van der Waals surface area contributed by atoms with Gasteiger partial charge in [-0.25, -0.2) is 0 Å². The van der Waals surface area contributed by atoms with Crippen LogP contribution in [-0.4, -0.2) is 0 Å². The molecule has 0 heterocycles. The minimum Gasteiger partial charge on any atom is -0.310 e. The first-order chi connectivity index (χ1) is 14.9. The van der Waals surface area contributed by atoms with E-state index in [0.29, 0.717) is 0 Å². The summed E-state index contributed by atoms with van der Waals surface area (Å²) in [5.74, 6) is 0. The fourth-order valence-corrected chi connectivity index (χ4v) is 4.70. The third-order valence-electron chi connectivity index (χ3n) is 6.04. The van der Waals surface area contributed by atoms with E-state index in [1.807, 2.05) is 0 Å². The largest absolute Gasteiger partial charge is 0.310 e. The van der Waals surface area contributed by atoms with Crippen molar-refractivity contribution in [3.8, 4) is 11.1 Å². The highest BCUT2D eigenvalue weighted by Gasteiger charge is 2.22. The zero-order valence-corrected chi connectivity index (χ0v) is 16.6. The molecule has 0 amide bonds. The van der Waals surface area contributed by atoms with E-state index < -0.39 is 0 Å². The van der Waals surface area contributed by atoms with Gasteiger partial charge in [-0.1, -0.05) is 78.9 Å². The van der Waals surface area contributed by atoms with Crippen LogP contribution in [0.15, 0.2) is 115 Å².